The summed E-state index contributed by atoms with van der Waals surface area (Å²) in [5, 5.41) is 3.47. The monoisotopic (exact) mass is 253 g/mol. The number of nitrogens with one attached hydrogen (secondary N) is 1. The molecule has 0 bridgehead atoms. The third kappa shape index (κ3) is 3.94. The summed E-state index contributed by atoms with van der Waals surface area (Å²) >= 11 is 0. The van der Waals surface area contributed by atoms with E-state index in [-0.39, 0.29) is 0 Å². The van der Waals surface area contributed by atoms with Gasteiger partial charge in [-0.15, -0.1) is 0 Å². The Kier molecular flexibility index (Phi) is 5.46. The molecule has 3 heteroatoms. The summed E-state index contributed by atoms with van der Waals surface area (Å²) in [6.07, 6.45) is 5.56. The zero-order valence-electron chi connectivity index (χ0n) is 12.5. The van der Waals surface area contributed by atoms with E-state index in [1.54, 1.807) is 0 Å². The molecule has 1 saturated carbocycles. The molecule has 106 valence electrons. The summed E-state index contributed by atoms with van der Waals surface area (Å²) in [6.45, 7) is 11.0. The summed E-state index contributed by atoms with van der Waals surface area (Å²) < 4.78 is 0. The molecular formula is C15H31N3. The van der Waals surface area contributed by atoms with E-state index >= 15 is 0 Å². The average Bonchev–Trinajstić information content (AvgIpc) is 2.39. The maximum Gasteiger partial charge on any atom is 0.0113 e. The summed E-state index contributed by atoms with van der Waals surface area (Å²) in [4.78, 5) is 5.39. The van der Waals surface area contributed by atoms with Crippen LogP contribution in [0.3, 0.4) is 0 Å². The van der Waals surface area contributed by atoms with Crippen LogP contribution in [0.4, 0.5) is 0 Å². The molecule has 18 heavy (non-hydrogen) atoms. The van der Waals surface area contributed by atoms with Crippen molar-refractivity contribution in [3.8, 4) is 0 Å². The van der Waals surface area contributed by atoms with Crippen molar-refractivity contribution in [1.82, 2.24) is 15.1 Å². The predicted octanol–water partition coefficient (Wildman–Crippen LogP) is 1.79. The molecule has 0 aromatic heterocycles. The molecule has 1 N–H and O–H groups in total. The molecule has 2 aliphatic rings. The van der Waals surface area contributed by atoms with E-state index < -0.39 is 0 Å². The topological polar surface area (TPSA) is 18.5 Å². The minimum Gasteiger partial charge on any atom is -0.317 e. The van der Waals surface area contributed by atoms with Gasteiger partial charge in [0, 0.05) is 44.8 Å². The van der Waals surface area contributed by atoms with Gasteiger partial charge in [0.05, 0.1) is 0 Å². The van der Waals surface area contributed by atoms with Crippen LogP contribution >= 0.6 is 0 Å². The van der Waals surface area contributed by atoms with Crippen molar-refractivity contribution in [3.63, 3.8) is 0 Å². The first-order valence-electron chi connectivity index (χ1n) is 7.82. The normalized spacial score (nSPS) is 32.0. The van der Waals surface area contributed by atoms with Gasteiger partial charge >= 0.3 is 0 Å². The van der Waals surface area contributed by atoms with E-state index in [1.165, 1.54) is 58.4 Å². The highest BCUT2D eigenvalue weighted by Gasteiger charge is 2.28. The molecule has 1 aliphatic heterocycles. The number of nitrogens with zero attached hydrogens (tertiary/aromatic N) is 2. The zero-order chi connectivity index (χ0) is 13.0. The minimum atomic E-state index is 0.762. The van der Waals surface area contributed by atoms with Crippen molar-refractivity contribution in [2.24, 2.45) is 5.92 Å². The van der Waals surface area contributed by atoms with Crippen molar-refractivity contribution >= 4 is 0 Å². The van der Waals surface area contributed by atoms with Crippen LogP contribution in [0.15, 0.2) is 0 Å². The van der Waals surface area contributed by atoms with Crippen LogP contribution in [0.2, 0.25) is 0 Å². The smallest absolute Gasteiger partial charge is 0.0113 e. The first-order valence-corrected chi connectivity index (χ1v) is 7.82. The van der Waals surface area contributed by atoms with Gasteiger partial charge in [0.25, 0.3) is 0 Å². The summed E-state index contributed by atoms with van der Waals surface area (Å²) in [7, 11) is 2.12. The second kappa shape index (κ2) is 6.88. The largest absolute Gasteiger partial charge is 0.317 e. The third-order valence-electron chi connectivity index (χ3n) is 4.60. The average molecular weight is 253 g/mol. The Bertz CT molecular complexity index is 234. The highest BCUT2D eigenvalue weighted by Crippen LogP contribution is 2.24. The Hall–Kier alpha value is -0.120. The molecule has 0 aromatic rings. The molecule has 0 amide bonds. The predicted molar refractivity (Wildman–Crippen MR) is 78.0 cm³/mol. The maximum atomic E-state index is 3.47. The van der Waals surface area contributed by atoms with E-state index in [0.717, 1.165) is 18.0 Å². The van der Waals surface area contributed by atoms with Crippen LogP contribution in [-0.4, -0.2) is 61.7 Å². The molecule has 1 saturated heterocycles. The van der Waals surface area contributed by atoms with Crippen molar-refractivity contribution in [1.29, 1.82) is 0 Å². The van der Waals surface area contributed by atoms with Crippen molar-refractivity contribution < 1.29 is 0 Å². The van der Waals surface area contributed by atoms with Gasteiger partial charge in [0.15, 0.2) is 0 Å². The molecule has 1 heterocycles. The standard InChI is InChI=1S/C15H31N3/c1-13(2)12-17-7-9-18(10-8-17)15-6-4-5-14(11-15)16-3/h13-16H,4-12H2,1-3H3. The first kappa shape index (κ1) is 14.3. The molecule has 2 atom stereocenters. The fourth-order valence-corrected chi connectivity index (χ4v) is 3.59. The van der Waals surface area contributed by atoms with Crippen molar-refractivity contribution in [2.45, 2.75) is 51.6 Å². The summed E-state index contributed by atoms with van der Waals surface area (Å²) in [6, 6.07) is 1.61. The number of rotatable bonds is 4. The van der Waals surface area contributed by atoms with Gasteiger partial charge in [0.1, 0.15) is 0 Å². The lowest BCUT2D eigenvalue weighted by Crippen LogP contribution is -2.53. The number of hydrogen-bond donors (Lipinski definition) is 1. The van der Waals surface area contributed by atoms with Gasteiger partial charge in [-0.25, -0.2) is 0 Å². The molecule has 2 unspecified atom stereocenters. The molecular weight excluding hydrogens is 222 g/mol. The maximum absolute atomic E-state index is 3.47. The summed E-state index contributed by atoms with van der Waals surface area (Å²) in [5.74, 6) is 0.805. The fraction of sp³-hybridized carbons (Fsp3) is 1.00. The fourth-order valence-electron chi connectivity index (χ4n) is 3.59. The van der Waals surface area contributed by atoms with E-state index in [0.29, 0.717) is 0 Å². The van der Waals surface area contributed by atoms with E-state index in [9.17, 15) is 0 Å². The Balaban J connectivity index is 1.75. The molecule has 3 nitrogen and oxygen atoms in total. The van der Waals surface area contributed by atoms with Crippen molar-refractivity contribution in [2.75, 3.05) is 39.8 Å². The lowest BCUT2D eigenvalue weighted by molar-refractivity contribution is 0.0676. The lowest BCUT2D eigenvalue weighted by atomic mass is 9.89. The van der Waals surface area contributed by atoms with Crippen LogP contribution in [0.5, 0.6) is 0 Å². The Morgan fingerprint density at radius 1 is 1.11 bits per heavy atom. The van der Waals surface area contributed by atoms with E-state index in [4.69, 9.17) is 0 Å². The molecule has 1 aliphatic carbocycles. The molecule has 0 aromatic carbocycles. The van der Waals surface area contributed by atoms with Crippen LogP contribution in [-0.2, 0) is 0 Å². The highest BCUT2D eigenvalue weighted by atomic mass is 15.3. The summed E-state index contributed by atoms with van der Waals surface area (Å²) in [5.41, 5.74) is 0. The molecule has 2 fully saturated rings. The first-order chi connectivity index (χ1) is 8.69. The Morgan fingerprint density at radius 3 is 2.44 bits per heavy atom. The van der Waals surface area contributed by atoms with Gasteiger partial charge in [-0.2, -0.15) is 0 Å². The van der Waals surface area contributed by atoms with E-state index in [2.05, 4.69) is 36.0 Å². The number of hydrogen-bond acceptors (Lipinski definition) is 3. The van der Waals surface area contributed by atoms with Crippen LogP contribution in [0, 0.1) is 5.92 Å². The van der Waals surface area contributed by atoms with Crippen molar-refractivity contribution in [3.05, 3.63) is 0 Å². The second-order valence-corrected chi connectivity index (χ2v) is 6.54. The van der Waals surface area contributed by atoms with Gasteiger partial charge in [0.2, 0.25) is 0 Å². The molecule has 0 spiro atoms. The van der Waals surface area contributed by atoms with Crippen LogP contribution in [0.1, 0.15) is 39.5 Å². The quantitative estimate of drug-likeness (QED) is 0.824. The van der Waals surface area contributed by atoms with Crippen LogP contribution in [0.25, 0.3) is 0 Å². The second-order valence-electron chi connectivity index (χ2n) is 6.54. The third-order valence-corrected chi connectivity index (χ3v) is 4.60. The molecule has 2 rings (SSSR count). The number of piperazine rings is 1. The Labute approximate surface area is 113 Å². The zero-order valence-corrected chi connectivity index (χ0v) is 12.5. The molecule has 0 radical (unpaired) electrons. The van der Waals surface area contributed by atoms with Gasteiger partial charge < -0.3 is 10.2 Å². The van der Waals surface area contributed by atoms with E-state index in [1.807, 2.05) is 0 Å². The van der Waals surface area contributed by atoms with Gasteiger partial charge in [-0.05, 0) is 32.2 Å². The Morgan fingerprint density at radius 2 is 1.83 bits per heavy atom. The SMILES string of the molecule is CNC1CCCC(N2CCN(CC(C)C)CC2)C1. The van der Waals surface area contributed by atoms with Crippen LogP contribution < -0.4 is 5.32 Å². The van der Waals surface area contributed by atoms with Gasteiger partial charge in [-0.3, -0.25) is 4.90 Å². The highest BCUT2D eigenvalue weighted by molar-refractivity contribution is 4.86. The minimum absolute atomic E-state index is 0.762. The lowest BCUT2D eigenvalue weighted by Gasteiger charge is -2.42. The van der Waals surface area contributed by atoms with Gasteiger partial charge in [-0.1, -0.05) is 20.3 Å².